The summed E-state index contributed by atoms with van der Waals surface area (Å²) in [6.07, 6.45) is 10.7. The summed E-state index contributed by atoms with van der Waals surface area (Å²) >= 11 is 0. The quantitative estimate of drug-likeness (QED) is 0.611. The molecule has 1 fully saturated rings. The van der Waals surface area contributed by atoms with E-state index in [1.54, 1.807) is 5.57 Å². The van der Waals surface area contributed by atoms with Crippen molar-refractivity contribution in [3.8, 4) is 0 Å². The molecule has 17 heavy (non-hydrogen) atoms. The molecule has 0 nitrogen and oxygen atoms in total. The molecule has 3 unspecified atom stereocenters. The monoisotopic (exact) mass is 220 g/mol. The minimum Gasteiger partial charge on any atom is -0.0802 e. The van der Waals surface area contributed by atoms with Gasteiger partial charge in [-0.1, -0.05) is 61.1 Å². The number of benzene rings is 1. The lowest BCUT2D eigenvalue weighted by Crippen LogP contribution is -2.05. The van der Waals surface area contributed by atoms with E-state index in [1.165, 1.54) is 23.1 Å². The number of rotatable bonds is 0. The standard InChI is InChI=1S/C17H16/c1-11-15-5-3-2-4-12(15)6-7-13-8-9-14-10-16(14)17(11)13/h2-9,11,14,16H,10H2,1H3. The molecule has 0 heteroatoms. The van der Waals surface area contributed by atoms with Crippen LogP contribution in [-0.4, -0.2) is 0 Å². The van der Waals surface area contributed by atoms with Crippen molar-refractivity contribution in [2.24, 2.45) is 11.8 Å². The summed E-state index contributed by atoms with van der Waals surface area (Å²) in [5.74, 6) is 2.26. The Kier molecular flexibility index (Phi) is 1.80. The van der Waals surface area contributed by atoms with Crippen LogP contribution in [0.2, 0.25) is 0 Å². The maximum atomic E-state index is 2.40. The zero-order valence-electron chi connectivity index (χ0n) is 10.1. The molecule has 1 aromatic carbocycles. The molecule has 1 saturated carbocycles. The molecule has 0 N–H and O–H groups in total. The van der Waals surface area contributed by atoms with Crippen LogP contribution in [0.3, 0.4) is 0 Å². The first-order valence-corrected chi connectivity index (χ1v) is 6.54. The van der Waals surface area contributed by atoms with E-state index in [0.717, 1.165) is 11.8 Å². The summed E-state index contributed by atoms with van der Waals surface area (Å²) in [5.41, 5.74) is 6.03. The van der Waals surface area contributed by atoms with Crippen molar-refractivity contribution in [2.45, 2.75) is 19.3 Å². The van der Waals surface area contributed by atoms with Crippen LogP contribution in [0.25, 0.3) is 6.08 Å². The van der Waals surface area contributed by atoms with Gasteiger partial charge in [-0.2, -0.15) is 0 Å². The Morgan fingerprint density at radius 2 is 1.94 bits per heavy atom. The second kappa shape index (κ2) is 3.22. The molecule has 0 saturated heterocycles. The molecule has 3 aliphatic carbocycles. The van der Waals surface area contributed by atoms with Gasteiger partial charge < -0.3 is 0 Å². The van der Waals surface area contributed by atoms with Gasteiger partial charge in [0.25, 0.3) is 0 Å². The summed E-state index contributed by atoms with van der Waals surface area (Å²) in [5, 5.41) is 0. The molecular formula is C17H16. The van der Waals surface area contributed by atoms with E-state index in [0.29, 0.717) is 5.92 Å². The maximum absolute atomic E-state index is 2.40. The third kappa shape index (κ3) is 1.30. The highest BCUT2D eigenvalue weighted by molar-refractivity contribution is 5.65. The van der Waals surface area contributed by atoms with Crippen LogP contribution >= 0.6 is 0 Å². The molecule has 4 rings (SSSR count). The van der Waals surface area contributed by atoms with Gasteiger partial charge in [0, 0.05) is 5.92 Å². The molecule has 0 aromatic heterocycles. The first-order valence-electron chi connectivity index (χ1n) is 6.54. The van der Waals surface area contributed by atoms with Crippen molar-refractivity contribution in [2.75, 3.05) is 0 Å². The van der Waals surface area contributed by atoms with Crippen molar-refractivity contribution in [3.63, 3.8) is 0 Å². The van der Waals surface area contributed by atoms with Gasteiger partial charge in [0.1, 0.15) is 0 Å². The first-order chi connectivity index (χ1) is 8.34. The topological polar surface area (TPSA) is 0 Å². The number of allylic oxidation sites excluding steroid dienone is 5. The summed E-state index contributed by atoms with van der Waals surface area (Å²) in [6, 6.07) is 8.82. The molecule has 0 heterocycles. The van der Waals surface area contributed by atoms with E-state index in [9.17, 15) is 0 Å². The molecular weight excluding hydrogens is 204 g/mol. The third-order valence-electron chi connectivity index (χ3n) is 4.47. The Hall–Kier alpha value is -1.56. The lowest BCUT2D eigenvalue weighted by molar-refractivity contribution is 0.760. The molecule has 3 atom stereocenters. The van der Waals surface area contributed by atoms with Crippen molar-refractivity contribution in [1.29, 1.82) is 0 Å². The second-order valence-electron chi connectivity index (χ2n) is 5.46. The van der Waals surface area contributed by atoms with Gasteiger partial charge in [0.15, 0.2) is 0 Å². The fourth-order valence-corrected chi connectivity index (χ4v) is 3.45. The van der Waals surface area contributed by atoms with Crippen molar-refractivity contribution in [1.82, 2.24) is 0 Å². The van der Waals surface area contributed by atoms with Crippen LogP contribution < -0.4 is 0 Å². The Morgan fingerprint density at radius 1 is 1.06 bits per heavy atom. The van der Waals surface area contributed by atoms with Gasteiger partial charge in [0.2, 0.25) is 0 Å². The average Bonchev–Trinajstić information content (AvgIpc) is 3.14. The molecule has 0 radical (unpaired) electrons. The predicted molar refractivity (Wildman–Crippen MR) is 71.7 cm³/mol. The smallest absolute Gasteiger partial charge is 0.00377 e. The Labute approximate surface area is 102 Å². The zero-order valence-corrected chi connectivity index (χ0v) is 10.1. The normalized spacial score (nSPS) is 32.6. The van der Waals surface area contributed by atoms with E-state index in [2.05, 4.69) is 55.5 Å². The van der Waals surface area contributed by atoms with Gasteiger partial charge in [0.05, 0.1) is 0 Å². The maximum Gasteiger partial charge on any atom is 0.00377 e. The van der Waals surface area contributed by atoms with Gasteiger partial charge in [-0.25, -0.2) is 0 Å². The fraction of sp³-hybridized carbons (Fsp3) is 0.294. The summed E-state index contributed by atoms with van der Waals surface area (Å²) in [4.78, 5) is 0. The predicted octanol–water partition coefficient (Wildman–Crippen LogP) is 4.32. The summed E-state index contributed by atoms with van der Waals surface area (Å²) in [6.45, 7) is 2.37. The highest BCUT2D eigenvalue weighted by Crippen LogP contribution is 2.54. The zero-order chi connectivity index (χ0) is 11.4. The SMILES string of the molecule is CC1C2=C(C=Cc3ccccc31)C=CC1CC21. The fourth-order valence-electron chi connectivity index (χ4n) is 3.45. The van der Waals surface area contributed by atoms with Crippen LogP contribution in [0.15, 0.2) is 53.6 Å². The van der Waals surface area contributed by atoms with E-state index in [4.69, 9.17) is 0 Å². The minimum absolute atomic E-state index is 0.580. The highest BCUT2D eigenvalue weighted by atomic mass is 14.5. The largest absolute Gasteiger partial charge is 0.0802 e. The molecule has 0 bridgehead atoms. The van der Waals surface area contributed by atoms with E-state index < -0.39 is 0 Å². The van der Waals surface area contributed by atoms with Crippen LogP contribution in [0.1, 0.15) is 30.4 Å². The summed E-state index contributed by atoms with van der Waals surface area (Å²) in [7, 11) is 0. The first kappa shape index (κ1) is 9.47. The van der Waals surface area contributed by atoms with Gasteiger partial charge >= 0.3 is 0 Å². The van der Waals surface area contributed by atoms with Crippen molar-refractivity contribution >= 4 is 6.08 Å². The van der Waals surface area contributed by atoms with E-state index in [1.807, 2.05) is 0 Å². The summed E-state index contributed by atoms with van der Waals surface area (Å²) < 4.78 is 0. The minimum atomic E-state index is 0.580. The van der Waals surface area contributed by atoms with Crippen LogP contribution in [0.4, 0.5) is 0 Å². The molecule has 0 aliphatic heterocycles. The second-order valence-corrected chi connectivity index (χ2v) is 5.46. The van der Waals surface area contributed by atoms with Crippen LogP contribution in [0.5, 0.6) is 0 Å². The third-order valence-corrected chi connectivity index (χ3v) is 4.47. The Balaban J connectivity index is 1.92. The van der Waals surface area contributed by atoms with Gasteiger partial charge in [-0.3, -0.25) is 0 Å². The van der Waals surface area contributed by atoms with Crippen molar-refractivity contribution in [3.05, 3.63) is 64.8 Å². The lowest BCUT2D eigenvalue weighted by Gasteiger charge is -2.20. The average molecular weight is 220 g/mol. The number of hydrogen-bond donors (Lipinski definition) is 0. The molecule has 0 spiro atoms. The number of fused-ring (bicyclic) bond motifs is 3. The molecule has 84 valence electrons. The number of hydrogen-bond acceptors (Lipinski definition) is 0. The van der Waals surface area contributed by atoms with Crippen LogP contribution in [-0.2, 0) is 0 Å². The van der Waals surface area contributed by atoms with Crippen LogP contribution in [0, 0.1) is 11.8 Å². The van der Waals surface area contributed by atoms with E-state index >= 15 is 0 Å². The molecule has 3 aliphatic rings. The van der Waals surface area contributed by atoms with E-state index in [-0.39, 0.29) is 0 Å². The van der Waals surface area contributed by atoms with Gasteiger partial charge in [-0.05, 0) is 35.0 Å². The molecule has 1 aromatic rings. The van der Waals surface area contributed by atoms with Crippen molar-refractivity contribution < 1.29 is 0 Å². The Morgan fingerprint density at radius 3 is 2.88 bits per heavy atom. The van der Waals surface area contributed by atoms with Gasteiger partial charge in [-0.15, -0.1) is 0 Å². The molecule has 0 amide bonds. The lowest BCUT2D eigenvalue weighted by atomic mass is 9.84. The highest BCUT2D eigenvalue weighted by Gasteiger charge is 2.43. The Bertz CT molecular complexity index is 571.